The Morgan fingerprint density at radius 1 is 0.833 bits per heavy atom. The number of hydrogen-bond acceptors (Lipinski definition) is 2. The molecule has 30 heavy (non-hydrogen) atoms. The molecule has 0 unspecified atom stereocenters. The average Bonchev–Trinajstić information content (AvgIpc) is 3.29. The molecular weight excluding hydrogens is 364 g/mol. The number of piperidine rings is 1. The Labute approximate surface area is 184 Å². The molecule has 2 nitrogen and oxygen atoms in total. The van der Waals surface area contributed by atoms with Gasteiger partial charge in [-0.3, -0.25) is 4.98 Å². The van der Waals surface area contributed by atoms with Crippen molar-refractivity contribution < 1.29 is 0 Å². The van der Waals surface area contributed by atoms with Crippen molar-refractivity contribution in [3.63, 3.8) is 0 Å². The van der Waals surface area contributed by atoms with Crippen LogP contribution in [0.1, 0.15) is 93.9 Å². The summed E-state index contributed by atoms with van der Waals surface area (Å²) in [6.45, 7) is 6.12. The lowest BCUT2D eigenvalue weighted by molar-refractivity contribution is 0.226. The Balaban J connectivity index is 1.38. The number of fused-ring (bicyclic) bond motifs is 1. The van der Waals surface area contributed by atoms with Crippen LogP contribution >= 0.6 is 0 Å². The van der Waals surface area contributed by atoms with Gasteiger partial charge in [-0.1, -0.05) is 69.6 Å². The van der Waals surface area contributed by atoms with Crippen molar-refractivity contribution in [3.05, 3.63) is 41.1 Å². The first-order chi connectivity index (χ1) is 14.8. The summed E-state index contributed by atoms with van der Waals surface area (Å²) >= 11 is 0. The minimum atomic E-state index is 1.04. The van der Waals surface area contributed by atoms with Crippen LogP contribution in [0.3, 0.4) is 0 Å². The van der Waals surface area contributed by atoms with Gasteiger partial charge in [0.15, 0.2) is 0 Å². The first-order valence-electron chi connectivity index (χ1n) is 12.9. The zero-order valence-corrected chi connectivity index (χ0v) is 19.3. The second-order valence-electron chi connectivity index (χ2n) is 9.93. The molecule has 0 spiro atoms. The van der Waals surface area contributed by atoms with Gasteiger partial charge in [-0.15, -0.1) is 0 Å². The molecule has 2 aliphatic rings. The molecule has 0 bridgehead atoms. The van der Waals surface area contributed by atoms with E-state index in [0.29, 0.717) is 0 Å². The van der Waals surface area contributed by atoms with Gasteiger partial charge in [-0.05, 0) is 88.2 Å². The number of benzene rings is 1. The maximum absolute atomic E-state index is 4.99. The number of aryl methyl sites for hydroxylation is 2. The zero-order valence-electron chi connectivity index (χ0n) is 19.3. The molecule has 4 rings (SSSR count). The predicted molar refractivity (Wildman–Crippen MR) is 129 cm³/mol. The molecule has 1 aromatic carbocycles. The van der Waals surface area contributed by atoms with Crippen LogP contribution in [0, 0.1) is 12.8 Å². The second-order valence-corrected chi connectivity index (χ2v) is 9.93. The Morgan fingerprint density at radius 3 is 2.43 bits per heavy atom. The highest BCUT2D eigenvalue weighted by atomic mass is 15.1. The summed E-state index contributed by atoms with van der Waals surface area (Å²) < 4.78 is 0. The lowest BCUT2D eigenvalue weighted by Gasteiger charge is -2.26. The molecule has 1 aliphatic heterocycles. The minimum absolute atomic E-state index is 1.04. The lowest BCUT2D eigenvalue weighted by atomic mass is 9.92. The smallest absolute Gasteiger partial charge is 0.0708 e. The summed E-state index contributed by atoms with van der Waals surface area (Å²) in [6.07, 6.45) is 19.5. The molecule has 2 heteroatoms. The molecule has 2 aromatic rings. The van der Waals surface area contributed by atoms with E-state index in [4.69, 9.17) is 4.98 Å². The Hall–Kier alpha value is -1.41. The third kappa shape index (κ3) is 5.84. The van der Waals surface area contributed by atoms with Crippen LogP contribution in [0.25, 0.3) is 10.9 Å². The predicted octanol–water partition coefficient (Wildman–Crippen LogP) is 7.25. The molecule has 1 aromatic heterocycles. The monoisotopic (exact) mass is 406 g/mol. The first-order valence-corrected chi connectivity index (χ1v) is 12.9. The van der Waals surface area contributed by atoms with E-state index in [1.807, 2.05) is 0 Å². The standard InChI is InChI=1S/C28H42N2/c1-23-25(16-5-2-4-13-24-14-6-7-15-24)26(27-17-8-9-19-28(27)29-23)18-12-22-30-20-10-3-11-21-30/h8-9,17,19,24H,2-7,10-16,18,20-22H2,1H3. The second kappa shape index (κ2) is 11.3. The number of rotatable bonds is 10. The van der Waals surface area contributed by atoms with Crippen LogP contribution in [-0.2, 0) is 12.8 Å². The Morgan fingerprint density at radius 2 is 1.60 bits per heavy atom. The minimum Gasteiger partial charge on any atom is -0.303 e. The number of nitrogens with zero attached hydrogens (tertiary/aromatic N) is 2. The molecule has 0 amide bonds. The molecule has 2 fully saturated rings. The van der Waals surface area contributed by atoms with Gasteiger partial charge in [-0.25, -0.2) is 0 Å². The maximum atomic E-state index is 4.99. The third-order valence-corrected chi connectivity index (χ3v) is 7.68. The summed E-state index contributed by atoms with van der Waals surface area (Å²) in [6, 6.07) is 8.83. The van der Waals surface area contributed by atoms with Gasteiger partial charge >= 0.3 is 0 Å². The normalized spacial score (nSPS) is 18.4. The highest BCUT2D eigenvalue weighted by Gasteiger charge is 2.16. The van der Waals surface area contributed by atoms with E-state index in [2.05, 4.69) is 36.1 Å². The van der Waals surface area contributed by atoms with Crippen molar-refractivity contribution in [2.45, 2.75) is 96.8 Å². The van der Waals surface area contributed by atoms with E-state index in [1.165, 1.54) is 126 Å². The first kappa shape index (κ1) is 21.8. The van der Waals surface area contributed by atoms with Crippen LogP contribution in [-0.4, -0.2) is 29.5 Å². The van der Waals surface area contributed by atoms with Gasteiger partial charge in [0, 0.05) is 11.1 Å². The summed E-state index contributed by atoms with van der Waals surface area (Å²) in [4.78, 5) is 7.67. The lowest BCUT2D eigenvalue weighted by Crippen LogP contribution is -2.30. The number of pyridine rings is 1. The molecule has 1 saturated heterocycles. The van der Waals surface area contributed by atoms with Gasteiger partial charge < -0.3 is 4.90 Å². The van der Waals surface area contributed by atoms with E-state index in [0.717, 1.165) is 5.92 Å². The van der Waals surface area contributed by atoms with Crippen molar-refractivity contribution in [2.75, 3.05) is 19.6 Å². The molecule has 2 heterocycles. The van der Waals surface area contributed by atoms with Crippen molar-refractivity contribution in [1.29, 1.82) is 0 Å². The quantitative estimate of drug-likeness (QED) is 0.386. The van der Waals surface area contributed by atoms with Gasteiger partial charge in [0.25, 0.3) is 0 Å². The van der Waals surface area contributed by atoms with Crippen LogP contribution in [0.15, 0.2) is 24.3 Å². The Kier molecular flexibility index (Phi) is 8.20. The molecule has 164 valence electrons. The third-order valence-electron chi connectivity index (χ3n) is 7.68. The van der Waals surface area contributed by atoms with Gasteiger partial charge in [0.2, 0.25) is 0 Å². The van der Waals surface area contributed by atoms with Crippen LogP contribution in [0.4, 0.5) is 0 Å². The molecule has 0 atom stereocenters. The Bertz CT molecular complexity index is 785. The van der Waals surface area contributed by atoms with Crippen molar-refractivity contribution in [3.8, 4) is 0 Å². The van der Waals surface area contributed by atoms with Crippen LogP contribution in [0.5, 0.6) is 0 Å². The molecular formula is C28H42N2. The zero-order chi connectivity index (χ0) is 20.6. The summed E-state index contributed by atoms with van der Waals surface area (Å²) in [5.74, 6) is 1.04. The molecule has 1 saturated carbocycles. The fourth-order valence-corrected chi connectivity index (χ4v) is 5.95. The highest BCUT2D eigenvalue weighted by Crippen LogP contribution is 2.30. The fourth-order valence-electron chi connectivity index (χ4n) is 5.95. The van der Waals surface area contributed by atoms with Crippen molar-refractivity contribution in [1.82, 2.24) is 9.88 Å². The van der Waals surface area contributed by atoms with Gasteiger partial charge in [0.1, 0.15) is 0 Å². The SMILES string of the molecule is Cc1nc2ccccc2c(CCCN2CCCCC2)c1CCCCCC1CCCC1. The van der Waals surface area contributed by atoms with Crippen molar-refractivity contribution in [2.24, 2.45) is 5.92 Å². The summed E-state index contributed by atoms with van der Waals surface area (Å²) in [5.41, 5.74) is 5.63. The van der Waals surface area contributed by atoms with Gasteiger partial charge in [0.05, 0.1) is 5.52 Å². The largest absolute Gasteiger partial charge is 0.303 e. The molecule has 0 N–H and O–H groups in total. The van der Waals surface area contributed by atoms with E-state index >= 15 is 0 Å². The van der Waals surface area contributed by atoms with Crippen molar-refractivity contribution >= 4 is 10.9 Å². The number of likely N-dealkylation sites (tertiary alicyclic amines) is 1. The van der Waals surface area contributed by atoms with Crippen LogP contribution < -0.4 is 0 Å². The van der Waals surface area contributed by atoms with E-state index in [-0.39, 0.29) is 0 Å². The highest BCUT2D eigenvalue weighted by molar-refractivity contribution is 5.83. The van der Waals surface area contributed by atoms with E-state index in [9.17, 15) is 0 Å². The maximum Gasteiger partial charge on any atom is 0.0708 e. The number of unbranched alkanes of at least 4 members (excludes halogenated alkanes) is 2. The summed E-state index contributed by atoms with van der Waals surface area (Å²) in [5, 5.41) is 1.41. The molecule has 1 aliphatic carbocycles. The molecule has 0 radical (unpaired) electrons. The topological polar surface area (TPSA) is 16.1 Å². The number of aromatic nitrogens is 1. The van der Waals surface area contributed by atoms with Gasteiger partial charge in [-0.2, -0.15) is 0 Å². The fraction of sp³-hybridized carbons (Fsp3) is 0.679. The summed E-state index contributed by atoms with van der Waals surface area (Å²) in [7, 11) is 0. The van der Waals surface area contributed by atoms with E-state index in [1.54, 1.807) is 11.1 Å². The van der Waals surface area contributed by atoms with Crippen LogP contribution in [0.2, 0.25) is 0 Å². The van der Waals surface area contributed by atoms with E-state index < -0.39 is 0 Å². The number of para-hydroxylation sites is 1. The number of hydrogen-bond donors (Lipinski definition) is 0. The average molecular weight is 407 g/mol.